The highest BCUT2D eigenvalue weighted by atomic mass is 32.1. The molecule has 0 aliphatic rings. The molecule has 0 amide bonds. The average molecular weight is 321 g/mol. The van der Waals surface area contributed by atoms with Crippen LogP contribution in [0.5, 0.6) is 0 Å². The molecule has 114 valence electrons. The second-order valence-electron chi connectivity index (χ2n) is 5.60. The number of aryl methyl sites for hydroxylation is 2. The van der Waals surface area contributed by atoms with Crippen molar-refractivity contribution in [1.82, 2.24) is 15.0 Å². The van der Waals surface area contributed by atoms with Crippen LogP contribution in [0.4, 0.5) is 0 Å². The summed E-state index contributed by atoms with van der Waals surface area (Å²) in [5, 5.41) is 3.78. The molecule has 4 nitrogen and oxygen atoms in total. The van der Waals surface area contributed by atoms with Crippen LogP contribution in [0, 0.1) is 6.92 Å². The summed E-state index contributed by atoms with van der Waals surface area (Å²) in [7, 11) is 0. The Labute approximate surface area is 136 Å². The van der Waals surface area contributed by atoms with E-state index in [1.165, 1.54) is 0 Å². The number of rotatable bonds is 2. The maximum Gasteiger partial charge on any atom is 0.259 e. The number of hydrogen-bond donors (Lipinski definition) is 1. The predicted octanol–water partition coefficient (Wildman–Crippen LogP) is 4.07. The predicted molar refractivity (Wildman–Crippen MR) is 95.1 cm³/mol. The zero-order valence-electron chi connectivity index (χ0n) is 12.9. The Hall–Kier alpha value is -2.53. The number of aromatic nitrogens is 3. The molecule has 0 fully saturated rings. The van der Waals surface area contributed by atoms with Gasteiger partial charge < -0.3 is 4.98 Å². The molecule has 0 aliphatic carbocycles. The second kappa shape index (κ2) is 5.28. The highest BCUT2D eigenvalue weighted by Gasteiger charge is 2.11. The van der Waals surface area contributed by atoms with E-state index < -0.39 is 0 Å². The van der Waals surface area contributed by atoms with E-state index in [1.807, 2.05) is 36.7 Å². The van der Waals surface area contributed by atoms with Gasteiger partial charge in [-0.25, -0.2) is 4.98 Å². The van der Waals surface area contributed by atoms with Crippen LogP contribution >= 0.6 is 11.3 Å². The van der Waals surface area contributed by atoms with Gasteiger partial charge in [-0.3, -0.25) is 9.78 Å². The largest absolute Gasteiger partial charge is 0.305 e. The van der Waals surface area contributed by atoms with Gasteiger partial charge in [-0.2, -0.15) is 0 Å². The summed E-state index contributed by atoms with van der Waals surface area (Å²) in [6.07, 6.45) is 2.72. The average Bonchev–Trinajstić information content (AvgIpc) is 3.02. The van der Waals surface area contributed by atoms with Crippen LogP contribution in [0.1, 0.15) is 18.1 Å². The van der Waals surface area contributed by atoms with Crippen molar-refractivity contribution in [1.29, 1.82) is 0 Å². The molecule has 0 saturated heterocycles. The Balaban J connectivity index is 1.97. The molecule has 0 aliphatic heterocycles. The first-order chi connectivity index (χ1) is 11.2. The molecule has 0 bridgehead atoms. The molecule has 5 heteroatoms. The fraction of sp³-hybridized carbons (Fsp3) is 0.167. The van der Waals surface area contributed by atoms with E-state index in [9.17, 15) is 4.79 Å². The second-order valence-corrected chi connectivity index (χ2v) is 6.55. The molecule has 0 atom stereocenters. The SMILES string of the molecule is CCc1cc(C)c2nc(-c3cc4ccsc4cn3)[nH]c(=O)c2c1. The lowest BCUT2D eigenvalue weighted by Crippen LogP contribution is -2.11. The molecule has 4 rings (SSSR count). The van der Waals surface area contributed by atoms with E-state index in [4.69, 9.17) is 0 Å². The molecule has 0 saturated carbocycles. The van der Waals surface area contributed by atoms with E-state index in [0.29, 0.717) is 16.9 Å². The summed E-state index contributed by atoms with van der Waals surface area (Å²) < 4.78 is 1.13. The summed E-state index contributed by atoms with van der Waals surface area (Å²) in [5.41, 5.74) is 3.48. The monoisotopic (exact) mass is 321 g/mol. The van der Waals surface area contributed by atoms with Crippen LogP contribution in [-0.2, 0) is 6.42 Å². The fourth-order valence-electron chi connectivity index (χ4n) is 2.81. The molecule has 1 aromatic carbocycles. The first kappa shape index (κ1) is 14.1. The third kappa shape index (κ3) is 2.33. The molecule has 0 radical (unpaired) electrons. The number of benzene rings is 1. The van der Waals surface area contributed by atoms with Crippen LogP contribution in [0.25, 0.3) is 32.5 Å². The zero-order valence-corrected chi connectivity index (χ0v) is 13.7. The van der Waals surface area contributed by atoms with Gasteiger partial charge in [0.2, 0.25) is 0 Å². The zero-order chi connectivity index (χ0) is 16.0. The Morgan fingerprint density at radius 3 is 2.96 bits per heavy atom. The molecule has 0 spiro atoms. The Morgan fingerprint density at radius 2 is 2.13 bits per heavy atom. The van der Waals surface area contributed by atoms with E-state index >= 15 is 0 Å². The molecule has 0 unspecified atom stereocenters. The van der Waals surface area contributed by atoms with Crippen LogP contribution in [0.15, 0.2) is 40.6 Å². The van der Waals surface area contributed by atoms with Gasteiger partial charge in [-0.1, -0.05) is 13.0 Å². The lowest BCUT2D eigenvalue weighted by atomic mass is 10.1. The van der Waals surface area contributed by atoms with Crippen molar-refractivity contribution in [3.63, 3.8) is 0 Å². The van der Waals surface area contributed by atoms with Gasteiger partial charge in [0.1, 0.15) is 5.69 Å². The minimum atomic E-state index is -0.115. The van der Waals surface area contributed by atoms with Crippen molar-refractivity contribution >= 4 is 32.3 Å². The van der Waals surface area contributed by atoms with Crippen LogP contribution in [-0.4, -0.2) is 15.0 Å². The summed E-state index contributed by atoms with van der Waals surface area (Å²) in [5.74, 6) is 0.517. The first-order valence-corrected chi connectivity index (χ1v) is 8.41. The molecular formula is C18H15N3OS. The van der Waals surface area contributed by atoms with Crippen molar-refractivity contribution in [2.75, 3.05) is 0 Å². The van der Waals surface area contributed by atoms with Crippen molar-refractivity contribution in [2.24, 2.45) is 0 Å². The van der Waals surface area contributed by atoms with Crippen molar-refractivity contribution < 1.29 is 0 Å². The first-order valence-electron chi connectivity index (χ1n) is 7.53. The summed E-state index contributed by atoms with van der Waals surface area (Å²) in [6.45, 7) is 4.07. The van der Waals surface area contributed by atoms with Gasteiger partial charge in [-0.05, 0) is 53.4 Å². The number of nitrogens with one attached hydrogen (secondary N) is 1. The van der Waals surface area contributed by atoms with Gasteiger partial charge in [0.15, 0.2) is 5.82 Å². The number of aromatic amines is 1. The summed E-state index contributed by atoms with van der Waals surface area (Å²) in [4.78, 5) is 24.5. The number of pyridine rings is 1. The van der Waals surface area contributed by atoms with Crippen LogP contribution in [0.2, 0.25) is 0 Å². The Bertz CT molecular complexity index is 1090. The van der Waals surface area contributed by atoms with Crippen molar-refractivity contribution in [3.8, 4) is 11.5 Å². The van der Waals surface area contributed by atoms with Gasteiger partial charge >= 0.3 is 0 Å². The molecular weight excluding hydrogens is 306 g/mol. The topological polar surface area (TPSA) is 58.6 Å². The quantitative estimate of drug-likeness (QED) is 0.605. The normalized spacial score (nSPS) is 11.4. The number of H-pyrrole nitrogens is 1. The summed E-state index contributed by atoms with van der Waals surface area (Å²) >= 11 is 1.65. The van der Waals surface area contributed by atoms with E-state index in [-0.39, 0.29) is 5.56 Å². The maximum absolute atomic E-state index is 12.5. The number of nitrogens with zero attached hydrogens (tertiary/aromatic N) is 2. The Morgan fingerprint density at radius 1 is 1.26 bits per heavy atom. The molecule has 4 aromatic rings. The van der Waals surface area contributed by atoms with Crippen molar-refractivity contribution in [2.45, 2.75) is 20.3 Å². The Kier molecular flexibility index (Phi) is 3.23. The van der Waals surface area contributed by atoms with Crippen molar-refractivity contribution in [3.05, 3.63) is 57.3 Å². The third-order valence-corrected chi connectivity index (χ3v) is 4.92. The number of fused-ring (bicyclic) bond motifs is 2. The number of thiophene rings is 1. The highest BCUT2D eigenvalue weighted by Crippen LogP contribution is 2.24. The van der Waals surface area contributed by atoms with Crippen LogP contribution in [0.3, 0.4) is 0 Å². The van der Waals surface area contributed by atoms with Crippen LogP contribution < -0.4 is 5.56 Å². The van der Waals surface area contributed by atoms with E-state index in [1.54, 1.807) is 11.3 Å². The molecule has 1 N–H and O–H groups in total. The van der Waals surface area contributed by atoms with E-state index in [2.05, 4.69) is 27.9 Å². The van der Waals surface area contributed by atoms with E-state index in [0.717, 1.165) is 33.2 Å². The lowest BCUT2D eigenvalue weighted by molar-refractivity contribution is 1.11. The highest BCUT2D eigenvalue weighted by molar-refractivity contribution is 7.17. The lowest BCUT2D eigenvalue weighted by Gasteiger charge is -2.07. The smallest absolute Gasteiger partial charge is 0.259 e. The minimum Gasteiger partial charge on any atom is -0.305 e. The minimum absolute atomic E-state index is 0.115. The molecule has 23 heavy (non-hydrogen) atoms. The standard InChI is InChI=1S/C18H15N3OS/c1-3-11-6-10(2)16-13(7-11)18(22)21-17(20-16)14-8-12-4-5-23-15(12)9-19-14/h4-9H,3H2,1-2H3,(H,20,21,22). The van der Waals surface area contributed by atoms with Gasteiger partial charge in [-0.15, -0.1) is 11.3 Å². The summed E-state index contributed by atoms with van der Waals surface area (Å²) in [6, 6.07) is 8.02. The van der Waals surface area contributed by atoms with Gasteiger partial charge in [0.25, 0.3) is 5.56 Å². The van der Waals surface area contributed by atoms with Gasteiger partial charge in [0.05, 0.1) is 15.6 Å². The molecule has 3 heterocycles. The molecule has 3 aromatic heterocycles. The number of hydrogen-bond acceptors (Lipinski definition) is 4. The van der Waals surface area contributed by atoms with Gasteiger partial charge in [0, 0.05) is 6.20 Å². The maximum atomic E-state index is 12.5. The fourth-order valence-corrected chi connectivity index (χ4v) is 3.55. The third-order valence-electron chi connectivity index (χ3n) is 4.05.